The molecule has 9 heteroatoms. The van der Waals surface area contributed by atoms with E-state index in [2.05, 4.69) is 15.4 Å². The van der Waals surface area contributed by atoms with Gasteiger partial charge in [0, 0.05) is 18.4 Å². The molecule has 33 heavy (non-hydrogen) atoms. The van der Waals surface area contributed by atoms with Crippen LogP contribution in [0.5, 0.6) is 0 Å². The highest BCUT2D eigenvalue weighted by atomic mass is 16.2. The monoisotopic (exact) mass is 436 g/mol. The van der Waals surface area contributed by atoms with Crippen molar-refractivity contribution in [3.8, 4) is 11.9 Å². The maximum absolute atomic E-state index is 12.7. The number of hydrogen-bond donors (Lipinski definition) is 1. The molecule has 5 rings (SSSR count). The van der Waals surface area contributed by atoms with Crippen molar-refractivity contribution in [2.24, 2.45) is 0 Å². The summed E-state index contributed by atoms with van der Waals surface area (Å²) in [5, 5.41) is 17.3. The molecule has 0 atom stereocenters. The molecule has 0 saturated heterocycles. The quantitative estimate of drug-likeness (QED) is 0.480. The number of aromatic nitrogens is 3. The number of anilines is 1. The number of pyridine rings is 1. The van der Waals surface area contributed by atoms with Crippen LogP contribution in [0.1, 0.15) is 32.7 Å². The summed E-state index contributed by atoms with van der Waals surface area (Å²) in [6, 6.07) is 19.7. The van der Waals surface area contributed by atoms with Gasteiger partial charge < -0.3 is 5.32 Å². The molecule has 0 fully saturated rings. The Morgan fingerprint density at radius 3 is 2.39 bits per heavy atom. The fraction of sp³-hybridized carbons (Fsp3) is 0.0833. The Balaban J connectivity index is 1.35. The molecule has 0 saturated carbocycles. The van der Waals surface area contributed by atoms with Crippen LogP contribution in [0, 0.1) is 11.3 Å². The molecule has 1 N–H and O–H groups in total. The van der Waals surface area contributed by atoms with E-state index in [1.165, 1.54) is 10.9 Å². The third kappa shape index (κ3) is 3.49. The van der Waals surface area contributed by atoms with Crippen LogP contribution in [0.2, 0.25) is 0 Å². The summed E-state index contributed by atoms with van der Waals surface area (Å²) < 4.78 is 1.38. The SMILES string of the molecule is N#Cc1cnn(-c2ccc3ccccc3n2)c1NC(=O)CCN1C(=O)c2ccccc2C1=O. The second-order valence-electron chi connectivity index (χ2n) is 7.40. The molecule has 9 nitrogen and oxygen atoms in total. The Hall–Kier alpha value is -4.84. The normalized spacial score (nSPS) is 12.6. The zero-order chi connectivity index (χ0) is 22.9. The lowest BCUT2D eigenvalue weighted by molar-refractivity contribution is -0.116. The fourth-order valence-electron chi connectivity index (χ4n) is 3.75. The van der Waals surface area contributed by atoms with Crippen LogP contribution in [0.25, 0.3) is 16.7 Å². The first-order valence-electron chi connectivity index (χ1n) is 10.2. The van der Waals surface area contributed by atoms with Crippen LogP contribution >= 0.6 is 0 Å². The summed E-state index contributed by atoms with van der Waals surface area (Å²) in [6.07, 6.45) is 1.21. The van der Waals surface area contributed by atoms with Crippen molar-refractivity contribution in [3.63, 3.8) is 0 Å². The van der Waals surface area contributed by atoms with Crippen LogP contribution in [-0.2, 0) is 4.79 Å². The molecular weight excluding hydrogens is 420 g/mol. The van der Waals surface area contributed by atoms with Crippen molar-refractivity contribution in [2.75, 3.05) is 11.9 Å². The molecule has 0 unspecified atom stereocenters. The van der Waals surface area contributed by atoms with Gasteiger partial charge in [0.15, 0.2) is 11.6 Å². The summed E-state index contributed by atoms with van der Waals surface area (Å²) in [5.74, 6) is -0.706. The van der Waals surface area contributed by atoms with E-state index in [4.69, 9.17) is 0 Å². The van der Waals surface area contributed by atoms with Crippen molar-refractivity contribution >= 4 is 34.4 Å². The molecule has 0 radical (unpaired) electrons. The first-order valence-corrected chi connectivity index (χ1v) is 10.2. The van der Waals surface area contributed by atoms with E-state index in [1.807, 2.05) is 36.4 Å². The number of imide groups is 1. The maximum Gasteiger partial charge on any atom is 0.261 e. The van der Waals surface area contributed by atoms with E-state index in [-0.39, 0.29) is 24.3 Å². The highest BCUT2D eigenvalue weighted by Crippen LogP contribution is 2.24. The van der Waals surface area contributed by atoms with E-state index >= 15 is 0 Å². The summed E-state index contributed by atoms with van der Waals surface area (Å²) in [5.41, 5.74) is 1.57. The number of hydrogen-bond acceptors (Lipinski definition) is 6. The van der Waals surface area contributed by atoms with E-state index < -0.39 is 17.7 Å². The lowest BCUT2D eigenvalue weighted by atomic mass is 10.1. The van der Waals surface area contributed by atoms with Crippen molar-refractivity contribution < 1.29 is 14.4 Å². The minimum Gasteiger partial charge on any atom is -0.309 e. The summed E-state index contributed by atoms with van der Waals surface area (Å²) >= 11 is 0. The number of nitrogens with zero attached hydrogens (tertiary/aromatic N) is 5. The largest absolute Gasteiger partial charge is 0.309 e. The average Bonchev–Trinajstić information content (AvgIpc) is 3.35. The molecule has 0 aliphatic carbocycles. The van der Waals surface area contributed by atoms with Crippen LogP contribution in [0.4, 0.5) is 5.82 Å². The van der Waals surface area contributed by atoms with Gasteiger partial charge in [0.1, 0.15) is 11.6 Å². The number of amides is 3. The van der Waals surface area contributed by atoms with Gasteiger partial charge in [0.2, 0.25) is 5.91 Å². The number of nitrogens with one attached hydrogen (secondary N) is 1. The number of para-hydroxylation sites is 1. The maximum atomic E-state index is 12.7. The Bertz CT molecular complexity index is 1450. The Morgan fingerprint density at radius 2 is 1.67 bits per heavy atom. The van der Waals surface area contributed by atoms with Crippen molar-refractivity contribution in [2.45, 2.75) is 6.42 Å². The zero-order valence-electron chi connectivity index (χ0n) is 17.2. The van der Waals surface area contributed by atoms with E-state index in [0.29, 0.717) is 16.9 Å². The molecule has 2 aromatic heterocycles. The summed E-state index contributed by atoms with van der Waals surface area (Å²) in [7, 11) is 0. The van der Waals surface area contributed by atoms with Gasteiger partial charge in [-0.3, -0.25) is 19.3 Å². The lowest BCUT2D eigenvalue weighted by Gasteiger charge is -2.14. The number of benzene rings is 2. The third-order valence-corrected chi connectivity index (χ3v) is 5.39. The molecule has 3 amide bonds. The standard InChI is InChI=1S/C24H16N6O3/c25-13-16-14-26-30(20-10-9-15-5-1-4-8-19(15)27-20)22(16)28-21(31)11-12-29-23(32)17-6-2-3-7-18(17)24(29)33/h1-10,14H,11-12H2,(H,28,31). The van der Waals surface area contributed by atoms with Crippen molar-refractivity contribution in [1.82, 2.24) is 19.7 Å². The molecule has 0 bridgehead atoms. The van der Waals surface area contributed by atoms with Gasteiger partial charge in [-0.2, -0.15) is 15.0 Å². The fourth-order valence-corrected chi connectivity index (χ4v) is 3.75. The first kappa shape index (κ1) is 20.1. The third-order valence-electron chi connectivity index (χ3n) is 5.39. The average molecular weight is 436 g/mol. The first-order chi connectivity index (χ1) is 16.1. The van der Waals surface area contributed by atoms with Gasteiger partial charge in [-0.15, -0.1) is 0 Å². The predicted octanol–water partition coefficient (Wildman–Crippen LogP) is 2.92. The highest BCUT2D eigenvalue weighted by molar-refractivity contribution is 6.21. The van der Waals surface area contributed by atoms with Crippen molar-refractivity contribution in [3.05, 3.63) is 83.6 Å². The van der Waals surface area contributed by atoms with Crippen LogP contribution < -0.4 is 5.32 Å². The number of fused-ring (bicyclic) bond motifs is 2. The zero-order valence-corrected chi connectivity index (χ0v) is 17.2. The Labute approximate surface area is 187 Å². The van der Waals surface area contributed by atoms with Gasteiger partial charge in [-0.1, -0.05) is 30.3 Å². The smallest absolute Gasteiger partial charge is 0.261 e. The number of carbonyl (C=O) groups is 3. The number of nitriles is 1. The lowest BCUT2D eigenvalue weighted by Crippen LogP contribution is -2.33. The van der Waals surface area contributed by atoms with Crippen LogP contribution in [0.15, 0.2) is 66.9 Å². The predicted molar refractivity (Wildman–Crippen MR) is 119 cm³/mol. The second kappa shape index (κ2) is 8.01. The minimum absolute atomic E-state index is 0.0809. The molecule has 160 valence electrons. The van der Waals surface area contributed by atoms with Gasteiger partial charge in [0.05, 0.1) is 22.8 Å². The highest BCUT2D eigenvalue weighted by Gasteiger charge is 2.35. The molecule has 3 heterocycles. The van der Waals surface area contributed by atoms with E-state index in [0.717, 1.165) is 15.8 Å². The molecule has 0 spiro atoms. The van der Waals surface area contributed by atoms with Crippen molar-refractivity contribution in [1.29, 1.82) is 5.26 Å². The Morgan fingerprint density at radius 1 is 0.970 bits per heavy atom. The van der Waals surface area contributed by atoms with Gasteiger partial charge in [-0.25, -0.2) is 4.98 Å². The molecule has 1 aliphatic rings. The van der Waals surface area contributed by atoms with Crippen LogP contribution in [-0.4, -0.2) is 43.9 Å². The number of carbonyl (C=O) groups excluding carboxylic acids is 3. The van der Waals surface area contributed by atoms with Gasteiger partial charge in [-0.05, 0) is 30.3 Å². The minimum atomic E-state index is -0.467. The topological polar surface area (TPSA) is 121 Å². The number of rotatable bonds is 5. The molecular formula is C24H16N6O3. The summed E-state index contributed by atoms with van der Waals surface area (Å²) in [6.45, 7) is -0.0809. The van der Waals surface area contributed by atoms with Gasteiger partial charge in [0.25, 0.3) is 11.8 Å². The molecule has 1 aliphatic heterocycles. The van der Waals surface area contributed by atoms with E-state index in [9.17, 15) is 19.6 Å². The molecule has 2 aromatic carbocycles. The molecule has 4 aromatic rings. The van der Waals surface area contributed by atoms with E-state index in [1.54, 1.807) is 30.3 Å². The van der Waals surface area contributed by atoms with Gasteiger partial charge >= 0.3 is 0 Å². The summed E-state index contributed by atoms with van der Waals surface area (Å²) in [4.78, 5) is 43.3. The second-order valence-corrected chi connectivity index (χ2v) is 7.40. The Kier molecular flexibility index (Phi) is 4.88. The van der Waals surface area contributed by atoms with Crippen LogP contribution in [0.3, 0.4) is 0 Å².